The minimum atomic E-state index is -0.0968. The summed E-state index contributed by atoms with van der Waals surface area (Å²) in [6.07, 6.45) is 1.78. The largest absolute Gasteiger partial charge is 0.497 e. The predicted molar refractivity (Wildman–Crippen MR) is 95.9 cm³/mol. The average Bonchev–Trinajstić information content (AvgIpc) is 2.92. The Kier molecular flexibility index (Phi) is 4.56. The van der Waals surface area contributed by atoms with Crippen molar-refractivity contribution in [3.63, 3.8) is 0 Å². The van der Waals surface area contributed by atoms with E-state index >= 15 is 0 Å². The zero-order chi connectivity index (χ0) is 17.1. The summed E-state index contributed by atoms with van der Waals surface area (Å²) in [5.41, 5.74) is 2.68. The van der Waals surface area contributed by atoms with Crippen molar-refractivity contribution in [3.8, 4) is 11.5 Å². The van der Waals surface area contributed by atoms with Gasteiger partial charge in [0.15, 0.2) is 5.76 Å². The van der Waals surface area contributed by atoms with Crippen LogP contribution in [0.4, 0.5) is 5.69 Å². The minimum absolute atomic E-state index is 0.0968. The van der Waals surface area contributed by atoms with Gasteiger partial charge in [0.2, 0.25) is 5.78 Å². The molecule has 2 aromatic carbocycles. The van der Waals surface area contributed by atoms with E-state index in [0.717, 1.165) is 18.7 Å². The number of Topliss-reactive ketones (excluding diaryl/α,β-unsaturated/α-hetero) is 1. The zero-order valence-corrected chi connectivity index (χ0v) is 14.2. The van der Waals surface area contributed by atoms with Crippen molar-refractivity contribution < 1.29 is 14.3 Å². The molecular formula is C20H21NO3. The third-order valence-corrected chi connectivity index (χ3v) is 4.20. The van der Waals surface area contributed by atoms with E-state index in [1.54, 1.807) is 31.4 Å². The van der Waals surface area contributed by atoms with E-state index in [2.05, 4.69) is 30.9 Å². The molecule has 0 amide bonds. The first-order valence-electron chi connectivity index (χ1n) is 8.13. The second-order valence-corrected chi connectivity index (χ2v) is 5.57. The van der Waals surface area contributed by atoms with Gasteiger partial charge in [-0.3, -0.25) is 4.79 Å². The van der Waals surface area contributed by atoms with E-state index in [9.17, 15) is 4.79 Å². The summed E-state index contributed by atoms with van der Waals surface area (Å²) in [5, 5.41) is 0. The summed E-state index contributed by atoms with van der Waals surface area (Å²) in [5.74, 6) is 1.46. The van der Waals surface area contributed by atoms with Gasteiger partial charge in [-0.15, -0.1) is 0 Å². The molecule has 0 fully saturated rings. The van der Waals surface area contributed by atoms with Crippen molar-refractivity contribution in [1.29, 1.82) is 0 Å². The Labute approximate surface area is 142 Å². The van der Waals surface area contributed by atoms with Gasteiger partial charge in [0.25, 0.3) is 0 Å². The molecule has 4 heteroatoms. The highest BCUT2D eigenvalue weighted by Gasteiger charge is 2.27. The summed E-state index contributed by atoms with van der Waals surface area (Å²) in [7, 11) is 1.59. The third kappa shape index (κ3) is 3.00. The van der Waals surface area contributed by atoms with Gasteiger partial charge in [0, 0.05) is 24.8 Å². The molecule has 0 radical (unpaired) electrons. The smallest absolute Gasteiger partial charge is 0.231 e. The fourth-order valence-corrected chi connectivity index (χ4v) is 2.82. The maximum Gasteiger partial charge on any atom is 0.231 e. The molecule has 3 rings (SSSR count). The molecule has 1 heterocycles. The third-order valence-electron chi connectivity index (χ3n) is 4.20. The first-order chi connectivity index (χ1) is 11.7. The minimum Gasteiger partial charge on any atom is -0.497 e. The summed E-state index contributed by atoms with van der Waals surface area (Å²) >= 11 is 0. The van der Waals surface area contributed by atoms with Crippen LogP contribution in [0.15, 0.2) is 48.2 Å². The van der Waals surface area contributed by atoms with E-state index < -0.39 is 0 Å². The van der Waals surface area contributed by atoms with Gasteiger partial charge in [-0.25, -0.2) is 0 Å². The van der Waals surface area contributed by atoms with Gasteiger partial charge in [-0.2, -0.15) is 0 Å². The van der Waals surface area contributed by atoms with Crippen molar-refractivity contribution in [2.45, 2.75) is 13.8 Å². The highest BCUT2D eigenvalue weighted by Crippen LogP contribution is 2.34. The number of carbonyl (C=O) groups is 1. The molecule has 4 nitrogen and oxygen atoms in total. The average molecular weight is 323 g/mol. The lowest BCUT2D eigenvalue weighted by molar-refractivity contribution is 0.101. The normalized spacial score (nSPS) is 14.5. The van der Waals surface area contributed by atoms with Crippen molar-refractivity contribution >= 4 is 17.5 Å². The standard InChI is InChI=1S/C20H21NO3/c1-4-21(5-2)15-8-6-14(7-9-15)12-19-20(22)17-11-10-16(23-3)13-18(17)24-19/h6-13H,4-5H2,1-3H3/b19-12-. The van der Waals surface area contributed by atoms with Crippen LogP contribution >= 0.6 is 0 Å². The number of methoxy groups -OCH3 is 1. The van der Waals surface area contributed by atoms with Crippen LogP contribution in [0.3, 0.4) is 0 Å². The Balaban J connectivity index is 1.83. The number of benzene rings is 2. The molecule has 0 bridgehead atoms. The van der Waals surface area contributed by atoms with Gasteiger partial charge in [-0.1, -0.05) is 12.1 Å². The van der Waals surface area contributed by atoms with Crippen molar-refractivity contribution in [1.82, 2.24) is 0 Å². The number of hydrogen-bond donors (Lipinski definition) is 0. The Morgan fingerprint density at radius 2 is 1.79 bits per heavy atom. The van der Waals surface area contributed by atoms with Gasteiger partial charge in [0.1, 0.15) is 11.5 Å². The molecule has 0 saturated carbocycles. The Morgan fingerprint density at radius 3 is 2.42 bits per heavy atom. The fraction of sp³-hybridized carbons (Fsp3) is 0.250. The Hall–Kier alpha value is -2.75. The van der Waals surface area contributed by atoms with Crippen LogP contribution < -0.4 is 14.4 Å². The number of ketones is 1. The van der Waals surface area contributed by atoms with Crippen LogP contribution in [0, 0.1) is 0 Å². The molecule has 0 saturated heterocycles. The number of rotatable bonds is 5. The van der Waals surface area contributed by atoms with Crippen LogP contribution in [0.5, 0.6) is 11.5 Å². The molecule has 124 valence electrons. The van der Waals surface area contributed by atoms with Gasteiger partial charge < -0.3 is 14.4 Å². The van der Waals surface area contributed by atoms with E-state index in [0.29, 0.717) is 22.8 Å². The van der Waals surface area contributed by atoms with Crippen molar-refractivity contribution in [3.05, 3.63) is 59.4 Å². The van der Waals surface area contributed by atoms with Crippen molar-refractivity contribution in [2.24, 2.45) is 0 Å². The van der Waals surface area contributed by atoms with Gasteiger partial charge in [-0.05, 0) is 49.8 Å². The second kappa shape index (κ2) is 6.79. The quantitative estimate of drug-likeness (QED) is 0.775. The maximum absolute atomic E-state index is 12.4. The van der Waals surface area contributed by atoms with E-state index in [1.165, 1.54) is 5.69 Å². The van der Waals surface area contributed by atoms with Crippen LogP contribution in [0.2, 0.25) is 0 Å². The first-order valence-corrected chi connectivity index (χ1v) is 8.13. The Bertz CT molecular complexity index is 774. The summed E-state index contributed by atoms with van der Waals surface area (Å²) < 4.78 is 10.9. The molecule has 1 aliphatic rings. The van der Waals surface area contributed by atoms with E-state index in [-0.39, 0.29) is 5.78 Å². The predicted octanol–water partition coefficient (Wildman–Crippen LogP) is 4.16. The molecule has 0 N–H and O–H groups in total. The SMILES string of the molecule is CCN(CC)c1ccc(/C=C2\Oc3cc(OC)ccc3C2=O)cc1. The van der Waals surface area contributed by atoms with Crippen LogP contribution in [-0.4, -0.2) is 26.0 Å². The van der Waals surface area contributed by atoms with Crippen LogP contribution in [0.1, 0.15) is 29.8 Å². The van der Waals surface area contributed by atoms with E-state index in [4.69, 9.17) is 9.47 Å². The number of hydrogen-bond acceptors (Lipinski definition) is 4. The van der Waals surface area contributed by atoms with Crippen LogP contribution in [0.25, 0.3) is 6.08 Å². The number of fused-ring (bicyclic) bond motifs is 1. The number of allylic oxidation sites excluding steroid dienone is 1. The molecule has 0 aliphatic carbocycles. The Morgan fingerprint density at radius 1 is 1.08 bits per heavy atom. The van der Waals surface area contributed by atoms with Crippen molar-refractivity contribution in [2.75, 3.05) is 25.1 Å². The lowest BCUT2D eigenvalue weighted by Crippen LogP contribution is -2.21. The molecular weight excluding hydrogens is 302 g/mol. The molecule has 24 heavy (non-hydrogen) atoms. The maximum atomic E-state index is 12.4. The number of ether oxygens (including phenoxy) is 2. The van der Waals surface area contributed by atoms with E-state index in [1.807, 2.05) is 12.1 Å². The molecule has 0 aromatic heterocycles. The second-order valence-electron chi connectivity index (χ2n) is 5.57. The summed E-state index contributed by atoms with van der Waals surface area (Å²) in [4.78, 5) is 14.7. The van der Waals surface area contributed by atoms with Gasteiger partial charge in [0.05, 0.1) is 12.7 Å². The topological polar surface area (TPSA) is 38.8 Å². The zero-order valence-electron chi connectivity index (χ0n) is 14.2. The first kappa shape index (κ1) is 16.1. The highest BCUT2D eigenvalue weighted by atomic mass is 16.5. The summed E-state index contributed by atoms with van der Waals surface area (Å²) in [6.45, 7) is 6.21. The highest BCUT2D eigenvalue weighted by molar-refractivity contribution is 6.14. The molecule has 0 spiro atoms. The molecule has 2 aromatic rings. The van der Waals surface area contributed by atoms with Gasteiger partial charge >= 0.3 is 0 Å². The lowest BCUT2D eigenvalue weighted by atomic mass is 10.1. The molecule has 0 unspecified atom stereocenters. The molecule has 1 aliphatic heterocycles. The van der Waals surface area contributed by atoms with Crippen LogP contribution in [-0.2, 0) is 0 Å². The number of carbonyl (C=O) groups excluding carboxylic acids is 1. The lowest BCUT2D eigenvalue weighted by Gasteiger charge is -2.20. The summed E-state index contributed by atoms with van der Waals surface area (Å²) in [6, 6.07) is 13.4. The number of anilines is 1. The fourth-order valence-electron chi connectivity index (χ4n) is 2.82. The monoisotopic (exact) mass is 323 g/mol. The number of nitrogens with zero attached hydrogens (tertiary/aromatic N) is 1. The molecule has 0 atom stereocenters.